The van der Waals surface area contributed by atoms with Gasteiger partial charge in [0.2, 0.25) is 0 Å². The highest BCUT2D eigenvalue weighted by Gasteiger charge is 2.03. The molecule has 0 atom stereocenters. The zero-order valence-electron chi connectivity index (χ0n) is 11.2. The normalized spacial score (nSPS) is 10.1. The lowest BCUT2D eigenvalue weighted by atomic mass is 10.1. The van der Waals surface area contributed by atoms with E-state index < -0.39 is 0 Å². The smallest absolute Gasteiger partial charge is 0.127 e. The molecule has 0 aliphatic carbocycles. The van der Waals surface area contributed by atoms with Gasteiger partial charge in [-0.3, -0.25) is 0 Å². The van der Waals surface area contributed by atoms with E-state index in [1.807, 2.05) is 30.3 Å². The summed E-state index contributed by atoms with van der Waals surface area (Å²) in [4.78, 5) is 0. The molecule has 2 aromatic carbocycles. The third kappa shape index (κ3) is 3.56. The van der Waals surface area contributed by atoms with Crippen LogP contribution in [0.1, 0.15) is 16.7 Å². The van der Waals surface area contributed by atoms with Gasteiger partial charge in [0.1, 0.15) is 11.6 Å². The van der Waals surface area contributed by atoms with Crippen molar-refractivity contribution in [3.05, 3.63) is 65.0 Å². The summed E-state index contributed by atoms with van der Waals surface area (Å²) in [6, 6.07) is 14.0. The van der Waals surface area contributed by atoms with Crippen molar-refractivity contribution in [3.63, 3.8) is 0 Å². The summed E-state index contributed by atoms with van der Waals surface area (Å²) in [6.45, 7) is 1.01. The zero-order valence-corrected chi connectivity index (χ0v) is 11.2. The zero-order chi connectivity index (χ0) is 14.4. The highest BCUT2D eigenvalue weighted by molar-refractivity contribution is 5.33. The van der Waals surface area contributed by atoms with E-state index in [0.717, 1.165) is 11.3 Å². The number of nitriles is 1. The molecule has 4 heteroatoms. The van der Waals surface area contributed by atoms with Gasteiger partial charge in [0.15, 0.2) is 0 Å². The molecule has 0 saturated carbocycles. The molecule has 0 aliphatic heterocycles. The Morgan fingerprint density at radius 3 is 2.55 bits per heavy atom. The quantitative estimate of drug-likeness (QED) is 0.908. The highest BCUT2D eigenvalue weighted by atomic mass is 19.1. The summed E-state index contributed by atoms with van der Waals surface area (Å²) in [5.74, 6) is 0.507. The maximum absolute atomic E-state index is 13.6. The van der Waals surface area contributed by atoms with Gasteiger partial charge in [-0.15, -0.1) is 0 Å². The lowest BCUT2D eigenvalue weighted by Crippen LogP contribution is -2.13. The second kappa shape index (κ2) is 6.69. The fourth-order valence-electron chi connectivity index (χ4n) is 1.86. The molecule has 0 aliphatic rings. The number of methoxy groups -OCH3 is 1. The second-order valence-corrected chi connectivity index (χ2v) is 4.37. The minimum Gasteiger partial charge on any atom is -0.497 e. The Balaban J connectivity index is 1.94. The maximum atomic E-state index is 13.6. The van der Waals surface area contributed by atoms with Crippen LogP contribution in [0.25, 0.3) is 0 Å². The van der Waals surface area contributed by atoms with Gasteiger partial charge in [-0.1, -0.05) is 12.1 Å². The van der Waals surface area contributed by atoms with Crippen molar-refractivity contribution in [2.24, 2.45) is 0 Å². The Hall–Kier alpha value is -2.38. The fourth-order valence-corrected chi connectivity index (χ4v) is 1.86. The molecule has 0 bridgehead atoms. The van der Waals surface area contributed by atoms with Gasteiger partial charge in [-0.05, 0) is 35.9 Å². The molecule has 2 aromatic rings. The number of halogens is 1. The predicted molar refractivity (Wildman–Crippen MR) is 74.7 cm³/mol. The summed E-state index contributed by atoms with van der Waals surface area (Å²) in [5, 5.41) is 12.0. The predicted octanol–water partition coefficient (Wildman–Crippen LogP) is 3.00. The molecule has 0 unspecified atom stereocenters. The fraction of sp³-hybridized carbons (Fsp3) is 0.188. The van der Waals surface area contributed by atoms with E-state index in [4.69, 9.17) is 10.00 Å². The van der Waals surface area contributed by atoms with E-state index >= 15 is 0 Å². The van der Waals surface area contributed by atoms with Crippen molar-refractivity contribution < 1.29 is 9.13 Å². The monoisotopic (exact) mass is 270 g/mol. The first kappa shape index (κ1) is 14.0. The molecule has 0 radical (unpaired) electrons. The molecule has 3 nitrogen and oxygen atoms in total. The summed E-state index contributed by atoms with van der Waals surface area (Å²) in [6.07, 6.45) is 0. The van der Waals surface area contributed by atoms with Gasteiger partial charge in [0, 0.05) is 18.7 Å². The van der Waals surface area contributed by atoms with E-state index in [1.165, 1.54) is 12.1 Å². The summed E-state index contributed by atoms with van der Waals surface area (Å²) < 4.78 is 18.6. The number of hydrogen-bond acceptors (Lipinski definition) is 3. The summed E-state index contributed by atoms with van der Waals surface area (Å²) in [5.41, 5.74) is 2.05. The van der Waals surface area contributed by atoms with Crippen molar-refractivity contribution in [3.8, 4) is 11.8 Å². The minimum atomic E-state index is -0.300. The Bertz CT molecular complexity index is 617. The van der Waals surface area contributed by atoms with Crippen LogP contribution in [-0.4, -0.2) is 7.11 Å². The van der Waals surface area contributed by atoms with Gasteiger partial charge >= 0.3 is 0 Å². The van der Waals surface area contributed by atoms with Gasteiger partial charge in [-0.25, -0.2) is 4.39 Å². The third-order valence-corrected chi connectivity index (χ3v) is 2.98. The number of ether oxygens (including phenoxy) is 1. The number of hydrogen-bond donors (Lipinski definition) is 1. The Kier molecular flexibility index (Phi) is 4.70. The third-order valence-electron chi connectivity index (χ3n) is 2.98. The average molecular weight is 270 g/mol. The highest BCUT2D eigenvalue weighted by Crippen LogP contribution is 2.12. The molecule has 2 rings (SSSR count). The molecule has 102 valence electrons. The molecular weight excluding hydrogens is 255 g/mol. The Morgan fingerprint density at radius 2 is 1.90 bits per heavy atom. The van der Waals surface area contributed by atoms with Crippen molar-refractivity contribution >= 4 is 0 Å². The van der Waals surface area contributed by atoms with Gasteiger partial charge < -0.3 is 10.1 Å². The molecule has 0 spiro atoms. The van der Waals surface area contributed by atoms with Crippen LogP contribution in [-0.2, 0) is 13.1 Å². The topological polar surface area (TPSA) is 45.0 Å². The van der Waals surface area contributed by atoms with E-state index in [9.17, 15) is 4.39 Å². The van der Waals surface area contributed by atoms with Crippen LogP contribution in [0.2, 0.25) is 0 Å². The molecule has 0 heterocycles. The number of nitrogens with zero attached hydrogens (tertiary/aromatic N) is 1. The average Bonchev–Trinajstić information content (AvgIpc) is 2.50. The van der Waals surface area contributed by atoms with Crippen LogP contribution in [0.4, 0.5) is 4.39 Å². The van der Waals surface area contributed by atoms with Crippen molar-refractivity contribution in [1.29, 1.82) is 5.26 Å². The van der Waals surface area contributed by atoms with Crippen LogP contribution in [0.3, 0.4) is 0 Å². The van der Waals surface area contributed by atoms with Crippen LogP contribution in [0.15, 0.2) is 42.5 Å². The lowest BCUT2D eigenvalue weighted by Gasteiger charge is -2.07. The summed E-state index contributed by atoms with van der Waals surface area (Å²) >= 11 is 0. The molecule has 0 fully saturated rings. The Morgan fingerprint density at radius 1 is 1.15 bits per heavy atom. The molecular formula is C16H15FN2O. The molecule has 20 heavy (non-hydrogen) atoms. The van der Waals surface area contributed by atoms with Crippen LogP contribution < -0.4 is 10.1 Å². The van der Waals surface area contributed by atoms with Gasteiger partial charge in [0.05, 0.1) is 18.7 Å². The van der Waals surface area contributed by atoms with Crippen molar-refractivity contribution in [1.82, 2.24) is 5.32 Å². The van der Waals surface area contributed by atoms with Crippen LogP contribution >= 0.6 is 0 Å². The van der Waals surface area contributed by atoms with Gasteiger partial charge in [-0.2, -0.15) is 5.26 Å². The Labute approximate surface area is 117 Å². The standard InChI is InChI=1S/C16H15FN2O/c1-20-15-5-2-12(3-6-15)10-19-11-14-8-13(9-18)4-7-16(14)17/h2-8,19H,10-11H2,1H3. The van der Waals surface area contributed by atoms with E-state index in [0.29, 0.717) is 24.2 Å². The largest absolute Gasteiger partial charge is 0.497 e. The summed E-state index contributed by atoms with van der Waals surface area (Å²) in [7, 11) is 1.62. The number of nitrogens with one attached hydrogen (secondary N) is 1. The SMILES string of the molecule is COc1ccc(CNCc2cc(C#N)ccc2F)cc1. The first-order valence-corrected chi connectivity index (χ1v) is 6.25. The number of benzene rings is 2. The molecule has 0 saturated heterocycles. The van der Waals surface area contributed by atoms with E-state index in [1.54, 1.807) is 13.2 Å². The van der Waals surface area contributed by atoms with Gasteiger partial charge in [0.25, 0.3) is 0 Å². The molecule has 1 N–H and O–H groups in total. The minimum absolute atomic E-state index is 0.300. The second-order valence-electron chi connectivity index (χ2n) is 4.37. The lowest BCUT2D eigenvalue weighted by molar-refractivity contribution is 0.414. The first-order chi connectivity index (χ1) is 9.72. The first-order valence-electron chi connectivity index (χ1n) is 6.25. The van der Waals surface area contributed by atoms with Crippen molar-refractivity contribution in [2.45, 2.75) is 13.1 Å². The molecule has 0 aromatic heterocycles. The molecule has 0 amide bonds. The van der Waals surface area contributed by atoms with E-state index in [-0.39, 0.29) is 5.82 Å². The van der Waals surface area contributed by atoms with E-state index in [2.05, 4.69) is 5.32 Å². The van der Waals surface area contributed by atoms with Crippen LogP contribution in [0, 0.1) is 17.1 Å². The number of rotatable bonds is 5. The van der Waals surface area contributed by atoms with Crippen molar-refractivity contribution in [2.75, 3.05) is 7.11 Å². The maximum Gasteiger partial charge on any atom is 0.127 e. The van der Waals surface area contributed by atoms with Crippen LogP contribution in [0.5, 0.6) is 5.75 Å².